The van der Waals surface area contributed by atoms with E-state index in [0.29, 0.717) is 19.3 Å². The van der Waals surface area contributed by atoms with Gasteiger partial charge in [-0.25, -0.2) is 0 Å². The second-order valence-corrected chi connectivity index (χ2v) is 22.0. The Kier molecular flexibility index (Phi) is 59.1. The normalized spacial score (nSPS) is 12.0. The quantitative estimate of drug-likeness (QED) is 0.0261. The summed E-state index contributed by atoms with van der Waals surface area (Å²) in [6.07, 6.45) is 71.2. The van der Waals surface area contributed by atoms with Gasteiger partial charge in [0, 0.05) is 19.3 Å². The summed E-state index contributed by atoms with van der Waals surface area (Å²) >= 11 is 0. The lowest BCUT2D eigenvalue weighted by molar-refractivity contribution is -0.167. The number of ether oxygens (including phenoxy) is 3. The minimum absolute atomic E-state index is 0.0655. The van der Waals surface area contributed by atoms with E-state index in [-0.39, 0.29) is 31.1 Å². The third-order valence-electron chi connectivity index (χ3n) is 14.8. The van der Waals surface area contributed by atoms with Crippen molar-refractivity contribution in [1.29, 1.82) is 0 Å². The average Bonchev–Trinajstić information content (AvgIpc) is 3.37. The number of carbonyl (C=O) groups is 3. The Morgan fingerprint density at radius 1 is 0.268 bits per heavy atom. The topological polar surface area (TPSA) is 78.9 Å². The summed E-state index contributed by atoms with van der Waals surface area (Å²) in [5, 5.41) is 0. The zero-order valence-corrected chi connectivity index (χ0v) is 48.3. The van der Waals surface area contributed by atoms with Gasteiger partial charge in [-0.3, -0.25) is 14.4 Å². The summed E-state index contributed by atoms with van der Waals surface area (Å²) in [4.78, 5) is 38.0. The first-order valence-corrected chi connectivity index (χ1v) is 32.2. The van der Waals surface area contributed by atoms with Crippen LogP contribution in [-0.4, -0.2) is 37.2 Å². The molecule has 0 saturated carbocycles. The minimum Gasteiger partial charge on any atom is -0.462 e. The molecule has 0 amide bonds. The van der Waals surface area contributed by atoms with E-state index in [1.165, 1.54) is 270 Å². The summed E-state index contributed by atoms with van der Waals surface area (Å²) in [5.74, 6) is -0.852. The molecule has 0 aliphatic rings. The fourth-order valence-corrected chi connectivity index (χ4v) is 9.91. The van der Waals surface area contributed by atoms with Gasteiger partial charge >= 0.3 is 17.9 Å². The Morgan fingerprint density at radius 3 is 0.704 bits per heavy atom. The molecule has 0 aromatic carbocycles. The van der Waals surface area contributed by atoms with E-state index in [9.17, 15) is 14.4 Å². The first-order valence-electron chi connectivity index (χ1n) is 32.2. The molecular formula is C65H124O6. The number of esters is 3. The van der Waals surface area contributed by atoms with E-state index < -0.39 is 6.10 Å². The van der Waals surface area contributed by atoms with E-state index in [2.05, 4.69) is 32.9 Å². The van der Waals surface area contributed by atoms with Crippen molar-refractivity contribution in [3.63, 3.8) is 0 Å². The SMILES string of the molecule is CCCCCCCCCC/C=C\CCCCCCCCCCCC(=O)OC(COC(=O)CCCCCCCC)COC(=O)CCCCCCCCCCCCCCCCCCCCCCCCCCCC. The van der Waals surface area contributed by atoms with Crippen LogP contribution in [0.15, 0.2) is 12.2 Å². The van der Waals surface area contributed by atoms with Crippen molar-refractivity contribution in [3.8, 4) is 0 Å². The lowest BCUT2D eigenvalue weighted by atomic mass is 10.0. The molecule has 0 aromatic rings. The summed E-state index contributed by atoms with van der Waals surface area (Å²) in [6.45, 7) is 6.65. The summed E-state index contributed by atoms with van der Waals surface area (Å²) in [7, 11) is 0. The Bertz CT molecular complexity index is 1100. The summed E-state index contributed by atoms with van der Waals surface area (Å²) in [6, 6.07) is 0. The zero-order valence-electron chi connectivity index (χ0n) is 48.3. The molecule has 420 valence electrons. The number of unbranched alkanes of at least 4 members (excludes halogenated alkanes) is 47. The molecule has 0 aliphatic heterocycles. The van der Waals surface area contributed by atoms with Gasteiger partial charge < -0.3 is 14.2 Å². The zero-order chi connectivity index (χ0) is 51.4. The first kappa shape index (κ1) is 69.2. The highest BCUT2D eigenvalue weighted by atomic mass is 16.6. The maximum Gasteiger partial charge on any atom is 0.306 e. The Hall–Kier alpha value is -1.85. The van der Waals surface area contributed by atoms with Gasteiger partial charge in [0.2, 0.25) is 0 Å². The molecule has 1 atom stereocenters. The molecule has 0 saturated heterocycles. The van der Waals surface area contributed by atoms with Crippen LogP contribution in [0.4, 0.5) is 0 Å². The minimum atomic E-state index is -0.765. The standard InChI is InChI=1S/C65H124O6/c1-4-7-10-13-16-18-20-22-24-26-28-30-31-32-33-34-36-37-39-41-43-45-47-49-52-55-58-64(67)70-61-62(60-69-63(66)57-54-51-15-12-9-6-3)71-65(68)59-56-53-50-48-46-44-42-40-38-35-29-27-25-23-21-19-17-14-11-8-5-2/h27,29,62H,4-26,28,30-61H2,1-3H3/b29-27-. The number of carbonyl (C=O) groups excluding carboxylic acids is 3. The molecule has 71 heavy (non-hydrogen) atoms. The molecular weight excluding hydrogens is 877 g/mol. The van der Waals surface area contributed by atoms with Crippen LogP contribution >= 0.6 is 0 Å². The van der Waals surface area contributed by atoms with Crippen molar-refractivity contribution in [2.75, 3.05) is 13.2 Å². The highest BCUT2D eigenvalue weighted by Crippen LogP contribution is 2.18. The van der Waals surface area contributed by atoms with Crippen molar-refractivity contribution in [2.24, 2.45) is 0 Å². The van der Waals surface area contributed by atoms with Crippen molar-refractivity contribution < 1.29 is 28.6 Å². The molecule has 1 unspecified atom stereocenters. The van der Waals surface area contributed by atoms with Crippen LogP contribution in [-0.2, 0) is 28.6 Å². The lowest BCUT2D eigenvalue weighted by Gasteiger charge is -2.18. The monoisotopic (exact) mass is 1000 g/mol. The Labute approximate surface area is 443 Å². The van der Waals surface area contributed by atoms with E-state index in [1.54, 1.807) is 0 Å². The summed E-state index contributed by atoms with van der Waals surface area (Å²) in [5.41, 5.74) is 0. The molecule has 0 bridgehead atoms. The van der Waals surface area contributed by atoms with Crippen LogP contribution in [0.25, 0.3) is 0 Å². The lowest BCUT2D eigenvalue weighted by Crippen LogP contribution is -2.30. The van der Waals surface area contributed by atoms with Crippen LogP contribution in [0.1, 0.15) is 367 Å². The number of hydrogen-bond donors (Lipinski definition) is 0. The predicted octanol–water partition coefficient (Wildman–Crippen LogP) is 21.7. The van der Waals surface area contributed by atoms with Gasteiger partial charge in [-0.15, -0.1) is 0 Å². The van der Waals surface area contributed by atoms with E-state index in [4.69, 9.17) is 14.2 Å². The highest BCUT2D eigenvalue weighted by Gasteiger charge is 2.19. The molecule has 0 heterocycles. The van der Waals surface area contributed by atoms with Gasteiger partial charge in [0.25, 0.3) is 0 Å². The molecule has 0 N–H and O–H groups in total. The van der Waals surface area contributed by atoms with Gasteiger partial charge in [-0.2, -0.15) is 0 Å². The van der Waals surface area contributed by atoms with Gasteiger partial charge in [0.05, 0.1) is 0 Å². The van der Waals surface area contributed by atoms with Crippen LogP contribution in [0.3, 0.4) is 0 Å². The van der Waals surface area contributed by atoms with Crippen molar-refractivity contribution in [2.45, 2.75) is 374 Å². The molecule has 0 rings (SSSR count). The third kappa shape index (κ3) is 58.9. The van der Waals surface area contributed by atoms with Crippen LogP contribution in [0.2, 0.25) is 0 Å². The van der Waals surface area contributed by atoms with Crippen molar-refractivity contribution >= 4 is 17.9 Å². The Balaban J connectivity index is 4.01. The second kappa shape index (κ2) is 60.7. The predicted molar refractivity (Wildman–Crippen MR) is 307 cm³/mol. The van der Waals surface area contributed by atoms with Gasteiger partial charge in [-0.1, -0.05) is 315 Å². The van der Waals surface area contributed by atoms with Crippen LogP contribution < -0.4 is 0 Å². The summed E-state index contributed by atoms with van der Waals surface area (Å²) < 4.78 is 16.8. The van der Waals surface area contributed by atoms with Crippen LogP contribution in [0, 0.1) is 0 Å². The van der Waals surface area contributed by atoms with E-state index in [1.807, 2.05) is 0 Å². The molecule has 0 aliphatic carbocycles. The van der Waals surface area contributed by atoms with E-state index >= 15 is 0 Å². The molecule has 6 heteroatoms. The number of rotatable bonds is 60. The number of hydrogen-bond acceptors (Lipinski definition) is 6. The fourth-order valence-electron chi connectivity index (χ4n) is 9.91. The third-order valence-corrected chi connectivity index (χ3v) is 14.8. The highest BCUT2D eigenvalue weighted by molar-refractivity contribution is 5.71. The molecule has 0 fully saturated rings. The molecule has 0 radical (unpaired) electrons. The fraction of sp³-hybridized carbons (Fsp3) is 0.923. The molecule has 6 nitrogen and oxygen atoms in total. The van der Waals surface area contributed by atoms with Gasteiger partial charge in [0.1, 0.15) is 13.2 Å². The average molecular weight is 1000 g/mol. The maximum atomic E-state index is 12.8. The van der Waals surface area contributed by atoms with E-state index in [0.717, 1.165) is 57.8 Å². The largest absolute Gasteiger partial charge is 0.462 e. The van der Waals surface area contributed by atoms with Crippen molar-refractivity contribution in [1.82, 2.24) is 0 Å². The molecule has 0 aromatic heterocycles. The second-order valence-electron chi connectivity index (χ2n) is 22.0. The smallest absolute Gasteiger partial charge is 0.306 e. The number of allylic oxidation sites excluding steroid dienone is 2. The van der Waals surface area contributed by atoms with Gasteiger partial charge in [-0.05, 0) is 44.9 Å². The maximum absolute atomic E-state index is 12.8. The van der Waals surface area contributed by atoms with Crippen LogP contribution in [0.5, 0.6) is 0 Å². The van der Waals surface area contributed by atoms with Crippen molar-refractivity contribution in [3.05, 3.63) is 12.2 Å². The first-order chi connectivity index (χ1) is 35.0. The Morgan fingerprint density at radius 2 is 0.465 bits per heavy atom. The molecule has 0 spiro atoms. The van der Waals surface area contributed by atoms with Gasteiger partial charge in [0.15, 0.2) is 6.10 Å².